The van der Waals surface area contributed by atoms with E-state index >= 15 is 0 Å². The van der Waals surface area contributed by atoms with Gasteiger partial charge >= 0.3 is 0 Å². The fourth-order valence-corrected chi connectivity index (χ4v) is 3.21. The normalized spacial score (nSPS) is 12.4. The number of hydrogen-bond donors (Lipinski definition) is 0. The Morgan fingerprint density at radius 3 is 2.33 bits per heavy atom. The first kappa shape index (κ1) is 20.6. The van der Waals surface area contributed by atoms with Crippen LogP contribution < -0.4 is 9.47 Å². The molecule has 2 aromatic rings. The molecule has 1 unspecified atom stereocenters. The summed E-state index contributed by atoms with van der Waals surface area (Å²) in [6, 6.07) is 15.8. The second-order valence-electron chi connectivity index (χ2n) is 6.55. The number of nitrogens with zero attached hydrogens (tertiary/aromatic N) is 1. The lowest BCUT2D eigenvalue weighted by molar-refractivity contribution is -0.127. The highest BCUT2D eigenvalue weighted by atomic mass is 16.5. The van der Waals surface area contributed by atoms with E-state index in [0.717, 1.165) is 29.1 Å². The van der Waals surface area contributed by atoms with E-state index in [1.165, 1.54) is 5.56 Å². The molecular formula is C23H29NO3. The Bertz CT molecular complexity index is 780. The third kappa shape index (κ3) is 5.36. The lowest BCUT2D eigenvalue weighted by atomic mass is 10.0. The van der Waals surface area contributed by atoms with E-state index in [1.807, 2.05) is 67.3 Å². The second-order valence-corrected chi connectivity index (χ2v) is 6.55. The first-order valence-corrected chi connectivity index (χ1v) is 9.25. The Kier molecular flexibility index (Phi) is 7.47. The summed E-state index contributed by atoms with van der Waals surface area (Å²) in [7, 11) is 3.30. The number of carbonyl (C=O) groups is 1. The maximum absolute atomic E-state index is 12.9. The maximum Gasteiger partial charge on any atom is 0.247 e. The molecule has 4 nitrogen and oxygen atoms in total. The molecule has 1 atom stereocenters. The molecule has 0 aromatic heterocycles. The van der Waals surface area contributed by atoms with Crippen molar-refractivity contribution in [3.63, 3.8) is 0 Å². The predicted octanol–water partition coefficient (Wildman–Crippen LogP) is 4.59. The van der Waals surface area contributed by atoms with Crippen LogP contribution in [-0.4, -0.2) is 37.6 Å². The number of carbonyl (C=O) groups excluding carboxylic acids is 1. The number of amides is 1. The molecule has 27 heavy (non-hydrogen) atoms. The van der Waals surface area contributed by atoms with E-state index < -0.39 is 0 Å². The molecule has 0 N–H and O–H groups in total. The summed E-state index contributed by atoms with van der Waals surface area (Å²) < 4.78 is 10.6. The molecule has 0 saturated heterocycles. The van der Waals surface area contributed by atoms with E-state index in [9.17, 15) is 4.79 Å². The van der Waals surface area contributed by atoms with Crippen molar-refractivity contribution < 1.29 is 14.3 Å². The van der Waals surface area contributed by atoms with Crippen LogP contribution in [0.3, 0.4) is 0 Å². The number of rotatable bonds is 8. The molecule has 0 bridgehead atoms. The lowest BCUT2D eigenvalue weighted by Gasteiger charge is -2.27. The van der Waals surface area contributed by atoms with Crippen LogP contribution >= 0.6 is 0 Å². The highest BCUT2D eigenvalue weighted by Gasteiger charge is 2.18. The number of benzene rings is 2. The van der Waals surface area contributed by atoms with E-state index in [-0.39, 0.29) is 11.9 Å². The molecule has 0 aliphatic carbocycles. The molecule has 0 fully saturated rings. The maximum atomic E-state index is 12.9. The SMILES string of the molecule is CCN(C(=O)/C=C(/C)c1ccccc1OC)C(C)Cc1ccc(OC)cc1. The van der Waals surface area contributed by atoms with Crippen molar-refractivity contribution in [3.8, 4) is 11.5 Å². The molecular weight excluding hydrogens is 338 g/mol. The van der Waals surface area contributed by atoms with Gasteiger partial charge in [-0.3, -0.25) is 4.79 Å². The van der Waals surface area contributed by atoms with E-state index in [4.69, 9.17) is 9.47 Å². The minimum Gasteiger partial charge on any atom is -0.497 e. The fourth-order valence-electron chi connectivity index (χ4n) is 3.21. The van der Waals surface area contributed by atoms with Gasteiger partial charge in [0, 0.05) is 24.2 Å². The molecule has 144 valence electrons. The Morgan fingerprint density at radius 1 is 1.07 bits per heavy atom. The van der Waals surface area contributed by atoms with Gasteiger partial charge < -0.3 is 14.4 Å². The largest absolute Gasteiger partial charge is 0.497 e. The molecule has 0 aliphatic heterocycles. The van der Waals surface area contributed by atoms with Crippen molar-refractivity contribution in [2.24, 2.45) is 0 Å². The molecule has 0 spiro atoms. The number of allylic oxidation sites excluding steroid dienone is 1. The zero-order valence-electron chi connectivity index (χ0n) is 16.9. The van der Waals surface area contributed by atoms with Crippen LogP contribution in [0.4, 0.5) is 0 Å². The Hall–Kier alpha value is -2.75. The highest BCUT2D eigenvalue weighted by molar-refractivity contribution is 5.95. The van der Waals surface area contributed by atoms with Crippen LogP contribution in [0.2, 0.25) is 0 Å². The van der Waals surface area contributed by atoms with Gasteiger partial charge in [-0.15, -0.1) is 0 Å². The van der Waals surface area contributed by atoms with E-state index in [2.05, 4.69) is 6.92 Å². The Balaban J connectivity index is 2.13. The topological polar surface area (TPSA) is 38.8 Å². The zero-order chi connectivity index (χ0) is 19.8. The third-order valence-electron chi connectivity index (χ3n) is 4.72. The van der Waals surface area contributed by atoms with Crippen molar-refractivity contribution in [2.75, 3.05) is 20.8 Å². The fraction of sp³-hybridized carbons (Fsp3) is 0.348. The van der Waals surface area contributed by atoms with E-state index in [0.29, 0.717) is 6.54 Å². The quantitative estimate of drug-likeness (QED) is 0.641. The van der Waals surface area contributed by atoms with Crippen molar-refractivity contribution in [1.82, 2.24) is 4.90 Å². The minimum absolute atomic E-state index is 0.0157. The summed E-state index contributed by atoms with van der Waals surface area (Å²) in [5.74, 6) is 1.63. The monoisotopic (exact) mass is 367 g/mol. The molecule has 2 aromatic carbocycles. The van der Waals surface area contributed by atoms with Crippen LogP contribution in [0.25, 0.3) is 5.57 Å². The van der Waals surface area contributed by atoms with Crippen LogP contribution in [0.15, 0.2) is 54.6 Å². The van der Waals surface area contributed by atoms with Gasteiger partial charge in [0.1, 0.15) is 11.5 Å². The lowest BCUT2D eigenvalue weighted by Crippen LogP contribution is -2.38. The summed E-state index contributed by atoms with van der Waals surface area (Å²) >= 11 is 0. The van der Waals surface area contributed by atoms with Crippen molar-refractivity contribution in [3.05, 3.63) is 65.7 Å². The van der Waals surface area contributed by atoms with Gasteiger partial charge in [-0.2, -0.15) is 0 Å². The molecule has 4 heteroatoms. The summed E-state index contributed by atoms with van der Waals surface area (Å²) in [5.41, 5.74) is 3.01. The Morgan fingerprint density at radius 2 is 1.74 bits per heavy atom. The summed E-state index contributed by atoms with van der Waals surface area (Å²) in [4.78, 5) is 14.8. The third-order valence-corrected chi connectivity index (χ3v) is 4.72. The molecule has 1 amide bonds. The first-order chi connectivity index (χ1) is 13.0. The first-order valence-electron chi connectivity index (χ1n) is 9.25. The predicted molar refractivity (Wildman–Crippen MR) is 110 cm³/mol. The summed E-state index contributed by atoms with van der Waals surface area (Å²) in [5, 5.41) is 0. The van der Waals surface area contributed by atoms with Gasteiger partial charge in [-0.1, -0.05) is 30.3 Å². The molecule has 2 rings (SSSR count). The zero-order valence-corrected chi connectivity index (χ0v) is 16.9. The molecule has 0 radical (unpaired) electrons. The molecule has 0 heterocycles. The average Bonchev–Trinajstić information content (AvgIpc) is 2.69. The van der Waals surface area contributed by atoms with Crippen LogP contribution in [-0.2, 0) is 11.2 Å². The summed E-state index contributed by atoms with van der Waals surface area (Å²) in [6.45, 7) is 6.69. The average molecular weight is 367 g/mol. The standard InChI is InChI=1S/C23H29NO3/c1-6-24(18(3)16-19-11-13-20(26-4)14-12-19)23(25)15-17(2)21-9-7-8-10-22(21)27-5/h7-15,18H,6,16H2,1-5H3/b17-15-. The van der Waals surface area contributed by atoms with Gasteiger partial charge in [-0.05, 0) is 56.5 Å². The van der Waals surface area contributed by atoms with Gasteiger partial charge in [-0.25, -0.2) is 0 Å². The number of likely N-dealkylation sites (N-methyl/N-ethyl adjacent to an activating group) is 1. The molecule has 0 aliphatic rings. The summed E-state index contributed by atoms with van der Waals surface area (Å²) in [6.07, 6.45) is 2.50. The molecule has 0 saturated carbocycles. The second kappa shape index (κ2) is 9.81. The van der Waals surface area contributed by atoms with Gasteiger partial charge in [0.05, 0.1) is 14.2 Å². The minimum atomic E-state index is 0.0157. The number of hydrogen-bond acceptors (Lipinski definition) is 3. The number of ether oxygens (including phenoxy) is 2. The highest BCUT2D eigenvalue weighted by Crippen LogP contribution is 2.25. The van der Waals surface area contributed by atoms with Crippen molar-refractivity contribution >= 4 is 11.5 Å². The van der Waals surface area contributed by atoms with Crippen LogP contribution in [0.1, 0.15) is 31.9 Å². The van der Waals surface area contributed by atoms with Gasteiger partial charge in [0.15, 0.2) is 0 Å². The van der Waals surface area contributed by atoms with E-state index in [1.54, 1.807) is 20.3 Å². The number of para-hydroxylation sites is 1. The van der Waals surface area contributed by atoms with Crippen LogP contribution in [0, 0.1) is 0 Å². The smallest absolute Gasteiger partial charge is 0.247 e. The van der Waals surface area contributed by atoms with Crippen molar-refractivity contribution in [1.29, 1.82) is 0 Å². The number of methoxy groups -OCH3 is 2. The van der Waals surface area contributed by atoms with Crippen LogP contribution in [0.5, 0.6) is 11.5 Å². The Labute approximate surface area is 162 Å². The van der Waals surface area contributed by atoms with Gasteiger partial charge in [0.2, 0.25) is 5.91 Å². The van der Waals surface area contributed by atoms with Crippen molar-refractivity contribution in [2.45, 2.75) is 33.2 Å². The van der Waals surface area contributed by atoms with Gasteiger partial charge in [0.25, 0.3) is 0 Å².